The minimum absolute atomic E-state index is 0.0215. The molecule has 0 radical (unpaired) electrons. The highest BCUT2D eigenvalue weighted by atomic mass is 35.5. The third-order valence-electron chi connectivity index (χ3n) is 3.01. The Kier molecular flexibility index (Phi) is 3.83. The second-order valence-corrected chi connectivity index (χ2v) is 5.28. The number of nitro groups is 1. The Morgan fingerprint density at radius 2 is 1.86 bits per heavy atom. The predicted octanol–water partition coefficient (Wildman–Crippen LogP) is 5.22. The Labute approximate surface area is 135 Å². The lowest BCUT2D eigenvalue weighted by molar-refractivity contribution is -0.384. The van der Waals surface area contributed by atoms with Gasteiger partial charge in [0.2, 0.25) is 5.89 Å². The summed E-state index contributed by atoms with van der Waals surface area (Å²) < 4.78 is 5.65. The number of oxazole rings is 1. The van der Waals surface area contributed by atoms with E-state index in [4.69, 9.17) is 27.6 Å². The molecular weight excluding hydrogens is 327 g/mol. The van der Waals surface area contributed by atoms with E-state index in [0.717, 1.165) is 5.56 Å². The van der Waals surface area contributed by atoms with E-state index >= 15 is 0 Å². The molecule has 0 unspecified atom stereocenters. The summed E-state index contributed by atoms with van der Waals surface area (Å²) in [4.78, 5) is 14.5. The van der Waals surface area contributed by atoms with Crippen molar-refractivity contribution in [1.29, 1.82) is 0 Å². The van der Waals surface area contributed by atoms with Gasteiger partial charge in [-0.05, 0) is 24.3 Å². The van der Waals surface area contributed by atoms with Crippen LogP contribution in [-0.2, 0) is 0 Å². The molecule has 0 spiro atoms. The van der Waals surface area contributed by atoms with Crippen molar-refractivity contribution in [2.75, 3.05) is 0 Å². The van der Waals surface area contributed by atoms with Crippen LogP contribution >= 0.6 is 23.2 Å². The monoisotopic (exact) mass is 334 g/mol. The quantitative estimate of drug-likeness (QED) is 0.486. The highest BCUT2D eigenvalue weighted by Crippen LogP contribution is 2.31. The van der Waals surface area contributed by atoms with E-state index in [1.165, 1.54) is 18.3 Å². The number of halogens is 2. The summed E-state index contributed by atoms with van der Waals surface area (Å²) in [6.07, 6.45) is 1.54. The number of nitrogens with zero attached hydrogens (tertiary/aromatic N) is 2. The van der Waals surface area contributed by atoms with Crippen molar-refractivity contribution < 1.29 is 9.34 Å². The van der Waals surface area contributed by atoms with Gasteiger partial charge in [-0.1, -0.05) is 29.3 Å². The third-order valence-corrected chi connectivity index (χ3v) is 3.75. The number of non-ortho nitro benzene ring substituents is 1. The van der Waals surface area contributed by atoms with Crippen LogP contribution in [-0.4, -0.2) is 9.91 Å². The van der Waals surface area contributed by atoms with Crippen molar-refractivity contribution in [3.8, 4) is 22.8 Å². The molecule has 0 fully saturated rings. The Morgan fingerprint density at radius 3 is 2.59 bits per heavy atom. The van der Waals surface area contributed by atoms with Crippen LogP contribution in [0.15, 0.2) is 53.1 Å². The van der Waals surface area contributed by atoms with Gasteiger partial charge < -0.3 is 4.42 Å². The van der Waals surface area contributed by atoms with E-state index in [9.17, 15) is 10.1 Å². The molecule has 0 aliphatic heterocycles. The summed E-state index contributed by atoms with van der Waals surface area (Å²) in [5.41, 5.74) is 1.23. The van der Waals surface area contributed by atoms with Crippen LogP contribution in [0.1, 0.15) is 0 Å². The molecule has 0 aliphatic carbocycles. The number of hydrogen-bond acceptors (Lipinski definition) is 4. The average molecular weight is 335 g/mol. The summed E-state index contributed by atoms with van der Waals surface area (Å²) in [5.74, 6) is 0.796. The zero-order valence-electron chi connectivity index (χ0n) is 11.0. The zero-order valence-corrected chi connectivity index (χ0v) is 12.5. The highest BCUT2D eigenvalue weighted by Gasteiger charge is 2.13. The van der Waals surface area contributed by atoms with Crippen LogP contribution in [0.4, 0.5) is 5.69 Å². The first-order chi connectivity index (χ1) is 10.5. The molecule has 1 aromatic heterocycles. The molecule has 7 heteroatoms. The standard InChI is InChI=1S/C15H8Cl2N2O3/c16-12-5-4-9(7-13(12)17)14-8-18-15(22-14)10-2-1-3-11(6-10)19(20)21/h1-8H. The minimum Gasteiger partial charge on any atom is -0.436 e. The molecule has 0 saturated carbocycles. The van der Waals surface area contributed by atoms with Crippen LogP contribution in [0.3, 0.4) is 0 Å². The number of aromatic nitrogens is 1. The lowest BCUT2D eigenvalue weighted by Crippen LogP contribution is -1.87. The molecule has 5 nitrogen and oxygen atoms in total. The van der Waals surface area contributed by atoms with Crippen molar-refractivity contribution in [2.45, 2.75) is 0 Å². The Balaban J connectivity index is 1.98. The third kappa shape index (κ3) is 2.81. The molecule has 0 bridgehead atoms. The maximum Gasteiger partial charge on any atom is 0.270 e. The van der Waals surface area contributed by atoms with Gasteiger partial charge in [0.25, 0.3) is 5.69 Å². The molecule has 3 aromatic rings. The van der Waals surface area contributed by atoms with Gasteiger partial charge in [-0.2, -0.15) is 0 Å². The highest BCUT2D eigenvalue weighted by molar-refractivity contribution is 6.42. The van der Waals surface area contributed by atoms with Crippen molar-refractivity contribution in [1.82, 2.24) is 4.98 Å². The van der Waals surface area contributed by atoms with E-state index in [-0.39, 0.29) is 5.69 Å². The maximum atomic E-state index is 10.8. The molecule has 0 atom stereocenters. The fraction of sp³-hybridized carbons (Fsp3) is 0. The van der Waals surface area contributed by atoms with E-state index in [1.54, 1.807) is 30.3 Å². The van der Waals surface area contributed by atoms with E-state index in [2.05, 4.69) is 4.98 Å². The average Bonchev–Trinajstić information content (AvgIpc) is 3.00. The first kappa shape index (κ1) is 14.6. The van der Waals surface area contributed by atoms with E-state index < -0.39 is 4.92 Å². The molecule has 0 aliphatic rings. The van der Waals surface area contributed by atoms with Crippen LogP contribution in [0, 0.1) is 10.1 Å². The van der Waals surface area contributed by atoms with Crippen LogP contribution in [0.5, 0.6) is 0 Å². The van der Waals surface area contributed by atoms with E-state index in [0.29, 0.717) is 27.3 Å². The van der Waals surface area contributed by atoms with Gasteiger partial charge in [-0.15, -0.1) is 0 Å². The smallest absolute Gasteiger partial charge is 0.270 e. The number of nitro benzene ring substituents is 1. The van der Waals surface area contributed by atoms with Gasteiger partial charge >= 0.3 is 0 Å². The molecule has 0 saturated heterocycles. The summed E-state index contributed by atoms with van der Waals surface area (Å²) in [6, 6.07) is 11.2. The van der Waals surface area contributed by atoms with Gasteiger partial charge in [0, 0.05) is 23.3 Å². The largest absolute Gasteiger partial charge is 0.436 e. The van der Waals surface area contributed by atoms with Gasteiger partial charge in [0.15, 0.2) is 5.76 Å². The molecule has 110 valence electrons. The maximum absolute atomic E-state index is 10.8. The summed E-state index contributed by atoms with van der Waals surface area (Å²) in [5, 5.41) is 11.7. The predicted molar refractivity (Wildman–Crippen MR) is 84.0 cm³/mol. The second-order valence-electron chi connectivity index (χ2n) is 4.47. The molecule has 3 rings (SSSR count). The summed E-state index contributed by atoms with van der Waals surface area (Å²) >= 11 is 11.8. The SMILES string of the molecule is O=[N+]([O-])c1cccc(-c2ncc(-c3ccc(Cl)c(Cl)c3)o2)c1. The van der Waals surface area contributed by atoms with Gasteiger partial charge in [-0.3, -0.25) is 10.1 Å². The minimum atomic E-state index is -0.466. The van der Waals surface area contributed by atoms with Crippen molar-refractivity contribution in [2.24, 2.45) is 0 Å². The van der Waals surface area contributed by atoms with Gasteiger partial charge in [-0.25, -0.2) is 4.98 Å². The Hall–Kier alpha value is -2.37. The normalized spacial score (nSPS) is 10.6. The Morgan fingerprint density at radius 1 is 1.05 bits per heavy atom. The second kappa shape index (κ2) is 5.79. The van der Waals surface area contributed by atoms with Crippen LogP contribution in [0.25, 0.3) is 22.8 Å². The molecule has 0 N–H and O–H groups in total. The fourth-order valence-electron chi connectivity index (χ4n) is 1.94. The first-order valence-electron chi connectivity index (χ1n) is 6.20. The lowest BCUT2D eigenvalue weighted by Gasteiger charge is -1.99. The van der Waals surface area contributed by atoms with Gasteiger partial charge in [0.1, 0.15) is 0 Å². The molecule has 1 heterocycles. The fourth-order valence-corrected chi connectivity index (χ4v) is 2.24. The molecule has 0 amide bonds. The number of benzene rings is 2. The topological polar surface area (TPSA) is 69.2 Å². The van der Waals surface area contributed by atoms with Crippen molar-refractivity contribution >= 4 is 28.9 Å². The van der Waals surface area contributed by atoms with Crippen molar-refractivity contribution in [3.05, 3.63) is 68.8 Å². The van der Waals surface area contributed by atoms with Crippen molar-refractivity contribution in [3.63, 3.8) is 0 Å². The van der Waals surface area contributed by atoms with E-state index in [1.807, 2.05) is 0 Å². The lowest BCUT2D eigenvalue weighted by atomic mass is 10.2. The zero-order chi connectivity index (χ0) is 15.7. The first-order valence-corrected chi connectivity index (χ1v) is 6.96. The molecule has 2 aromatic carbocycles. The molecule has 22 heavy (non-hydrogen) atoms. The van der Waals surface area contributed by atoms with Gasteiger partial charge in [0.05, 0.1) is 21.2 Å². The summed E-state index contributed by atoms with van der Waals surface area (Å²) in [6.45, 7) is 0. The number of rotatable bonds is 3. The summed E-state index contributed by atoms with van der Waals surface area (Å²) in [7, 11) is 0. The number of hydrogen-bond donors (Lipinski definition) is 0. The Bertz CT molecular complexity index is 861. The molecular formula is C15H8Cl2N2O3. The van der Waals surface area contributed by atoms with Crippen LogP contribution in [0.2, 0.25) is 10.0 Å². The van der Waals surface area contributed by atoms with Crippen LogP contribution < -0.4 is 0 Å².